The van der Waals surface area contributed by atoms with Crippen molar-refractivity contribution in [1.82, 2.24) is 14.9 Å². The lowest BCUT2D eigenvalue weighted by atomic mass is 9.94. The van der Waals surface area contributed by atoms with Crippen molar-refractivity contribution < 1.29 is 5.11 Å². The predicted octanol–water partition coefficient (Wildman–Crippen LogP) is 2.25. The van der Waals surface area contributed by atoms with E-state index in [0.29, 0.717) is 18.2 Å². The summed E-state index contributed by atoms with van der Waals surface area (Å²) in [5, 5.41) is 14.4. The van der Waals surface area contributed by atoms with Crippen LogP contribution in [0.1, 0.15) is 44.3 Å². The van der Waals surface area contributed by atoms with Gasteiger partial charge in [0.1, 0.15) is 11.0 Å². The van der Waals surface area contributed by atoms with E-state index in [4.69, 9.17) is 11.6 Å². The van der Waals surface area contributed by atoms with Crippen LogP contribution in [0.2, 0.25) is 5.15 Å². The van der Waals surface area contributed by atoms with Crippen LogP contribution in [-0.4, -0.2) is 26.8 Å². The summed E-state index contributed by atoms with van der Waals surface area (Å²) in [6, 6.07) is 0. The minimum absolute atomic E-state index is 0.536. The summed E-state index contributed by atoms with van der Waals surface area (Å²) in [7, 11) is 1.90. The predicted molar refractivity (Wildman–Crippen MR) is 72.6 cm³/mol. The molecule has 0 aromatic carbocycles. The Balaban J connectivity index is 1.82. The third-order valence-corrected chi connectivity index (χ3v) is 4.15. The first-order valence-corrected chi connectivity index (χ1v) is 7.08. The van der Waals surface area contributed by atoms with Crippen LogP contribution in [0.3, 0.4) is 0 Å². The Kier molecular flexibility index (Phi) is 4.65. The number of hydrogen-bond acceptors (Lipinski definition) is 3. The molecule has 0 unspecified atom stereocenters. The van der Waals surface area contributed by atoms with Crippen LogP contribution in [0.5, 0.6) is 0 Å². The number of nitrogens with zero attached hydrogens (tertiary/aromatic N) is 2. The quantitative estimate of drug-likeness (QED) is 0.826. The van der Waals surface area contributed by atoms with E-state index in [1.807, 2.05) is 11.6 Å². The maximum absolute atomic E-state index is 10.5. The monoisotopic (exact) mass is 271 g/mol. The number of imidazole rings is 1. The topological polar surface area (TPSA) is 50.1 Å². The van der Waals surface area contributed by atoms with Crippen molar-refractivity contribution in [2.24, 2.45) is 7.05 Å². The van der Waals surface area contributed by atoms with Crippen molar-refractivity contribution in [3.63, 3.8) is 0 Å². The molecule has 1 fully saturated rings. The van der Waals surface area contributed by atoms with Gasteiger partial charge >= 0.3 is 0 Å². The minimum Gasteiger partial charge on any atom is -0.389 e. The molecule has 1 aliphatic carbocycles. The van der Waals surface area contributed by atoms with Crippen molar-refractivity contribution in [3.05, 3.63) is 17.2 Å². The molecule has 2 N–H and O–H groups in total. The summed E-state index contributed by atoms with van der Waals surface area (Å²) in [4.78, 5) is 4.23. The van der Waals surface area contributed by atoms with E-state index in [1.54, 1.807) is 6.20 Å². The van der Waals surface area contributed by atoms with E-state index >= 15 is 0 Å². The van der Waals surface area contributed by atoms with E-state index < -0.39 is 5.60 Å². The zero-order valence-electron chi connectivity index (χ0n) is 11.0. The fourth-order valence-corrected chi connectivity index (χ4v) is 2.71. The van der Waals surface area contributed by atoms with Gasteiger partial charge in [0, 0.05) is 13.6 Å². The third-order valence-electron chi connectivity index (χ3n) is 3.80. The minimum atomic E-state index is -0.536. The molecule has 0 bridgehead atoms. The first-order valence-electron chi connectivity index (χ1n) is 6.70. The average molecular weight is 272 g/mol. The molecular formula is C13H22ClN3O. The number of halogens is 1. The van der Waals surface area contributed by atoms with Crippen molar-refractivity contribution >= 4 is 11.6 Å². The van der Waals surface area contributed by atoms with Gasteiger partial charge in [-0.15, -0.1) is 0 Å². The summed E-state index contributed by atoms with van der Waals surface area (Å²) in [6.07, 6.45) is 8.22. The van der Waals surface area contributed by atoms with Crippen LogP contribution in [0, 0.1) is 0 Å². The lowest BCUT2D eigenvalue weighted by Gasteiger charge is -2.26. The molecule has 4 nitrogen and oxygen atoms in total. The second-order valence-corrected chi connectivity index (χ2v) is 5.69. The SMILES string of the molecule is Cn1c(Cl)cnc1CNCC1(O)CCCCCC1. The Morgan fingerprint density at radius 3 is 2.61 bits per heavy atom. The molecule has 2 rings (SSSR count). The average Bonchev–Trinajstić information content (AvgIpc) is 2.56. The number of aromatic nitrogens is 2. The first-order chi connectivity index (χ1) is 8.61. The molecule has 18 heavy (non-hydrogen) atoms. The molecule has 0 saturated heterocycles. The van der Waals surface area contributed by atoms with Gasteiger partial charge in [0.25, 0.3) is 0 Å². The highest BCUT2D eigenvalue weighted by atomic mass is 35.5. The first kappa shape index (κ1) is 13.8. The molecular weight excluding hydrogens is 250 g/mol. The molecule has 0 amide bonds. The smallest absolute Gasteiger partial charge is 0.128 e. The number of rotatable bonds is 4. The van der Waals surface area contributed by atoms with E-state index in [9.17, 15) is 5.11 Å². The summed E-state index contributed by atoms with van der Waals surface area (Å²) in [5.41, 5.74) is -0.536. The highest BCUT2D eigenvalue weighted by Gasteiger charge is 2.27. The Labute approximate surface area is 113 Å². The van der Waals surface area contributed by atoms with Crippen molar-refractivity contribution in [2.45, 2.75) is 50.7 Å². The second kappa shape index (κ2) is 6.04. The summed E-state index contributed by atoms with van der Waals surface area (Å²) < 4.78 is 1.85. The number of nitrogens with one attached hydrogen (secondary N) is 1. The Morgan fingerprint density at radius 1 is 1.39 bits per heavy atom. The van der Waals surface area contributed by atoms with E-state index in [2.05, 4.69) is 10.3 Å². The molecule has 1 aliphatic rings. The molecule has 5 heteroatoms. The fourth-order valence-electron chi connectivity index (χ4n) is 2.56. The van der Waals surface area contributed by atoms with Crippen molar-refractivity contribution in [2.75, 3.05) is 6.54 Å². The molecule has 1 saturated carbocycles. The molecule has 0 atom stereocenters. The van der Waals surface area contributed by atoms with Crippen LogP contribution in [0.25, 0.3) is 0 Å². The molecule has 0 radical (unpaired) electrons. The Hall–Kier alpha value is -0.580. The fraction of sp³-hybridized carbons (Fsp3) is 0.769. The highest BCUT2D eigenvalue weighted by Crippen LogP contribution is 2.26. The maximum atomic E-state index is 10.5. The zero-order chi connectivity index (χ0) is 13.0. The number of hydrogen-bond donors (Lipinski definition) is 2. The Bertz CT molecular complexity index is 384. The number of aliphatic hydroxyl groups is 1. The van der Waals surface area contributed by atoms with Crippen LogP contribution < -0.4 is 5.32 Å². The van der Waals surface area contributed by atoms with E-state index in [0.717, 1.165) is 31.5 Å². The van der Waals surface area contributed by atoms with Crippen molar-refractivity contribution in [1.29, 1.82) is 0 Å². The van der Waals surface area contributed by atoms with Crippen LogP contribution in [0.4, 0.5) is 0 Å². The van der Waals surface area contributed by atoms with Crippen LogP contribution in [0.15, 0.2) is 6.20 Å². The third kappa shape index (κ3) is 3.46. The summed E-state index contributed by atoms with van der Waals surface area (Å²) in [6.45, 7) is 1.28. The molecule has 0 aliphatic heterocycles. The van der Waals surface area contributed by atoms with Gasteiger partial charge in [-0.3, -0.25) is 0 Å². The van der Waals surface area contributed by atoms with E-state index in [1.165, 1.54) is 12.8 Å². The summed E-state index contributed by atoms with van der Waals surface area (Å²) in [5.74, 6) is 0.900. The van der Waals surface area contributed by atoms with Gasteiger partial charge in [-0.2, -0.15) is 0 Å². The normalized spacial score (nSPS) is 19.7. The second-order valence-electron chi connectivity index (χ2n) is 5.30. The Morgan fingerprint density at radius 2 is 2.06 bits per heavy atom. The molecule has 0 spiro atoms. The molecule has 1 aromatic heterocycles. The van der Waals surface area contributed by atoms with Gasteiger partial charge in [0.15, 0.2) is 0 Å². The van der Waals surface area contributed by atoms with Crippen LogP contribution >= 0.6 is 11.6 Å². The van der Waals surface area contributed by atoms with E-state index in [-0.39, 0.29) is 0 Å². The van der Waals surface area contributed by atoms with Gasteiger partial charge in [0.05, 0.1) is 18.3 Å². The lowest BCUT2D eigenvalue weighted by molar-refractivity contribution is 0.0248. The van der Waals surface area contributed by atoms with Gasteiger partial charge in [-0.05, 0) is 12.8 Å². The van der Waals surface area contributed by atoms with Gasteiger partial charge in [-0.1, -0.05) is 37.3 Å². The lowest BCUT2D eigenvalue weighted by Crippen LogP contribution is -2.40. The zero-order valence-corrected chi connectivity index (χ0v) is 11.7. The van der Waals surface area contributed by atoms with Gasteiger partial charge in [0.2, 0.25) is 0 Å². The summed E-state index contributed by atoms with van der Waals surface area (Å²) >= 11 is 5.93. The van der Waals surface area contributed by atoms with Crippen molar-refractivity contribution in [3.8, 4) is 0 Å². The largest absolute Gasteiger partial charge is 0.389 e. The molecule has 102 valence electrons. The standard InChI is InChI=1S/C13H22ClN3O/c1-17-11(14)8-16-12(17)9-15-10-13(18)6-4-2-3-5-7-13/h8,15,18H,2-7,9-10H2,1H3. The van der Waals surface area contributed by atoms with Gasteiger partial charge in [-0.25, -0.2) is 4.98 Å². The molecule has 1 heterocycles. The van der Waals surface area contributed by atoms with Gasteiger partial charge < -0.3 is 15.0 Å². The highest BCUT2D eigenvalue weighted by molar-refractivity contribution is 6.29. The maximum Gasteiger partial charge on any atom is 0.128 e. The molecule has 1 aromatic rings. The van der Waals surface area contributed by atoms with Crippen LogP contribution in [-0.2, 0) is 13.6 Å².